The van der Waals surface area contributed by atoms with Gasteiger partial charge in [-0.25, -0.2) is 4.79 Å². The predicted octanol–water partition coefficient (Wildman–Crippen LogP) is 2.50. The third-order valence-electron chi connectivity index (χ3n) is 4.66. The molecule has 3 N–H and O–H groups in total. The zero-order valence-corrected chi connectivity index (χ0v) is 15.0. The first-order valence-corrected chi connectivity index (χ1v) is 8.79. The van der Waals surface area contributed by atoms with Crippen molar-refractivity contribution in [2.75, 3.05) is 0 Å². The van der Waals surface area contributed by atoms with Gasteiger partial charge in [0.15, 0.2) is 5.78 Å². The second kappa shape index (κ2) is 7.67. The number of benzene rings is 1. The number of carboxylic acids is 1. The fraction of sp³-hybridized carbons (Fsp3) is 0.300. The molecule has 2 aromatic rings. The van der Waals surface area contributed by atoms with Crippen LogP contribution in [-0.4, -0.2) is 33.7 Å². The van der Waals surface area contributed by atoms with E-state index in [-0.39, 0.29) is 23.3 Å². The number of carboxylic acid groups (broad SMARTS) is 1. The molecule has 7 heteroatoms. The Morgan fingerprint density at radius 1 is 1.26 bits per heavy atom. The maximum Gasteiger partial charge on any atom is 0.336 e. The average Bonchev–Trinajstić information content (AvgIpc) is 3.05. The largest absolute Gasteiger partial charge is 0.478 e. The van der Waals surface area contributed by atoms with Crippen molar-refractivity contribution in [3.05, 3.63) is 65.5 Å². The number of hydrogen-bond donors (Lipinski definition) is 2. The van der Waals surface area contributed by atoms with E-state index in [0.717, 1.165) is 6.42 Å². The first kappa shape index (κ1) is 18.7. The number of hydrogen-bond acceptors (Lipinski definition) is 6. The number of rotatable bonds is 7. The summed E-state index contributed by atoms with van der Waals surface area (Å²) in [5.41, 5.74) is 6.38. The molecule has 140 valence electrons. The van der Waals surface area contributed by atoms with Gasteiger partial charge in [0.05, 0.1) is 5.56 Å². The lowest BCUT2D eigenvalue weighted by atomic mass is 9.75. The van der Waals surface area contributed by atoms with Crippen LogP contribution in [0.1, 0.15) is 47.7 Å². The van der Waals surface area contributed by atoms with Crippen molar-refractivity contribution in [3.8, 4) is 0 Å². The van der Waals surface area contributed by atoms with Crippen LogP contribution in [0, 0.1) is 0 Å². The summed E-state index contributed by atoms with van der Waals surface area (Å²) in [7, 11) is 0. The Bertz CT molecular complexity index is 882. The lowest BCUT2D eigenvalue weighted by molar-refractivity contribution is -0.131. The summed E-state index contributed by atoms with van der Waals surface area (Å²) in [4.78, 5) is 34.1. The maximum absolute atomic E-state index is 12.8. The molecule has 27 heavy (non-hydrogen) atoms. The summed E-state index contributed by atoms with van der Waals surface area (Å²) in [5.74, 6) is -1.34. The molecular formula is C20H21N3O4. The topological polar surface area (TPSA) is 115 Å². The molecular weight excluding hydrogens is 346 g/mol. The van der Waals surface area contributed by atoms with E-state index in [0.29, 0.717) is 17.7 Å². The van der Waals surface area contributed by atoms with Crippen LogP contribution in [0.25, 0.3) is 0 Å². The van der Waals surface area contributed by atoms with Gasteiger partial charge in [-0.1, -0.05) is 36.7 Å². The van der Waals surface area contributed by atoms with Crippen LogP contribution < -0.4 is 5.73 Å². The number of nitrogens with two attached hydrogens (primary N) is 1. The summed E-state index contributed by atoms with van der Waals surface area (Å²) in [6.45, 7) is 1.98. The van der Waals surface area contributed by atoms with Gasteiger partial charge < -0.3 is 15.7 Å². The molecule has 1 aliphatic rings. The van der Waals surface area contributed by atoms with Gasteiger partial charge in [0.25, 0.3) is 0 Å². The molecule has 0 amide bonds. The van der Waals surface area contributed by atoms with Crippen molar-refractivity contribution in [3.63, 3.8) is 0 Å². The summed E-state index contributed by atoms with van der Waals surface area (Å²) in [5, 5.41) is 13.7. The van der Waals surface area contributed by atoms with Gasteiger partial charge in [0, 0.05) is 24.4 Å². The van der Waals surface area contributed by atoms with Gasteiger partial charge in [0.2, 0.25) is 6.10 Å². The highest BCUT2D eigenvalue weighted by Crippen LogP contribution is 2.37. The normalized spacial score (nSPS) is 21.4. The van der Waals surface area contributed by atoms with E-state index < -0.39 is 17.6 Å². The molecule has 2 atom stereocenters. The van der Waals surface area contributed by atoms with Gasteiger partial charge in [-0.3, -0.25) is 9.78 Å². The highest BCUT2D eigenvalue weighted by molar-refractivity contribution is 6.13. The smallest absolute Gasteiger partial charge is 0.336 e. The third-order valence-corrected chi connectivity index (χ3v) is 4.66. The Balaban J connectivity index is 2.15. The molecule has 1 aliphatic heterocycles. The first-order chi connectivity index (χ1) is 13.0. The molecule has 0 saturated heterocycles. The molecule has 0 bridgehead atoms. The minimum absolute atomic E-state index is 0.00961. The molecule has 2 unspecified atom stereocenters. The Morgan fingerprint density at radius 3 is 2.70 bits per heavy atom. The van der Waals surface area contributed by atoms with Gasteiger partial charge in [-0.05, 0) is 30.2 Å². The first-order valence-electron chi connectivity index (χ1n) is 8.79. The van der Waals surface area contributed by atoms with E-state index in [4.69, 9.17) is 10.6 Å². The summed E-state index contributed by atoms with van der Waals surface area (Å²) < 4.78 is 0. The van der Waals surface area contributed by atoms with E-state index in [1.165, 1.54) is 6.07 Å². The van der Waals surface area contributed by atoms with E-state index in [9.17, 15) is 14.7 Å². The van der Waals surface area contributed by atoms with Gasteiger partial charge >= 0.3 is 5.97 Å². The Labute approximate surface area is 156 Å². The number of carbonyl (C=O) groups is 2. The zero-order chi connectivity index (χ0) is 19.4. The van der Waals surface area contributed by atoms with Crippen LogP contribution in [-0.2, 0) is 15.2 Å². The van der Waals surface area contributed by atoms with Crippen molar-refractivity contribution in [2.45, 2.75) is 37.8 Å². The van der Waals surface area contributed by atoms with Crippen LogP contribution in [0.2, 0.25) is 0 Å². The van der Waals surface area contributed by atoms with E-state index >= 15 is 0 Å². The maximum atomic E-state index is 12.8. The minimum Gasteiger partial charge on any atom is -0.478 e. The van der Waals surface area contributed by atoms with Crippen LogP contribution in [0.3, 0.4) is 0 Å². The summed E-state index contributed by atoms with van der Waals surface area (Å²) in [6.07, 6.45) is 3.89. The average molecular weight is 367 g/mol. The molecule has 7 nitrogen and oxygen atoms in total. The second-order valence-electron chi connectivity index (χ2n) is 6.46. The molecule has 0 aliphatic carbocycles. The fourth-order valence-corrected chi connectivity index (χ4v) is 3.28. The van der Waals surface area contributed by atoms with Gasteiger partial charge in [-0.15, -0.1) is 0 Å². The standard InChI is InChI=1S/C20H21N3O4/c1-2-3-10-16(24)18-20(21,15-9-5-4-8-14(15)19(25)26)17(23-27-18)13-7-6-11-22-12-13/h4-9,11-12,18H,2-3,10,21H2,1H3,(H,25,26). The molecule has 2 heterocycles. The number of nitrogens with zero attached hydrogens (tertiary/aromatic N) is 2. The number of oxime groups is 1. The van der Waals surface area contributed by atoms with Crippen molar-refractivity contribution in [1.82, 2.24) is 4.98 Å². The third kappa shape index (κ3) is 3.33. The van der Waals surface area contributed by atoms with Crippen molar-refractivity contribution < 1.29 is 19.5 Å². The van der Waals surface area contributed by atoms with Crippen molar-refractivity contribution in [2.24, 2.45) is 10.9 Å². The van der Waals surface area contributed by atoms with Crippen molar-refractivity contribution >= 4 is 17.5 Å². The lowest BCUT2D eigenvalue weighted by Gasteiger charge is -2.31. The number of carbonyl (C=O) groups excluding carboxylic acids is 1. The van der Waals surface area contributed by atoms with Crippen molar-refractivity contribution in [1.29, 1.82) is 0 Å². The number of aromatic carboxylic acids is 1. The number of ketones is 1. The molecule has 1 aromatic carbocycles. The number of pyridine rings is 1. The zero-order valence-electron chi connectivity index (χ0n) is 15.0. The van der Waals surface area contributed by atoms with Crippen LogP contribution in [0.4, 0.5) is 0 Å². The Hall–Kier alpha value is -3.06. The SMILES string of the molecule is CCCCC(=O)C1ON=C(c2cccnc2)C1(N)c1ccccc1C(=O)O. The van der Waals surface area contributed by atoms with Gasteiger partial charge in [-0.2, -0.15) is 0 Å². The fourth-order valence-electron chi connectivity index (χ4n) is 3.28. The minimum atomic E-state index is -1.52. The Kier molecular flexibility index (Phi) is 5.32. The highest BCUT2D eigenvalue weighted by Gasteiger charge is 2.53. The summed E-state index contributed by atoms with van der Waals surface area (Å²) in [6, 6.07) is 9.82. The van der Waals surface area contributed by atoms with E-state index in [2.05, 4.69) is 10.1 Å². The molecule has 3 rings (SSSR count). The molecule has 0 spiro atoms. The monoisotopic (exact) mass is 367 g/mol. The number of unbranched alkanes of at least 4 members (excludes halogenated alkanes) is 1. The van der Waals surface area contributed by atoms with Crippen LogP contribution in [0.15, 0.2) is 53.9 Å². The van der Waals surface area contributed by atoms with Gasteiger partial charge in [0.1, 0.15) is 11.3 Å². The summed E-state index contributed by atoms with van der Waals surface area (Å²) >= 11 is 0. The molecule has 0 radical (unpaired) electrons. The van der Waals surface area contributed by atoms with Crippen LogP contribution >= 0.6 is 0 Å². The van der Waals surface area contributed by atoms with Crippen LogP contribution in [0.5, 0.6) is 0 Å². The number of Topliss-reactive ketones (excluding diaryl/α,β-unsaturated/α-hetero) is 1. The Morgan fingerprint density at radius 2 is 2.04 bits per heavy atom. The highest BCUT2D eigenvalue weighted by atomic mass is 16.6. The molecule has 0 fully saturated rings. The van der Waals surface area contributed by atoms with E-state index in [1.807, 2.05) is 6.92 Å². The number of aromatic nitrogens is 1. The van der Waals surface area contributed by atoms with E-state index in [1.54, 1.807) is 42.7 Å². The lowest BCUT2D eigenvalue weighted by Crippen LogP contribution is -2.55. The molecule has 0 saturated carbocycles. The quantitative estimate of drug-likeness (QED) is 0.777. The second-order valence-corrected chi connectivity index (χ2v) is 6.46. The molecule has 1 aromatic heterocycles. The predicted molar refractivity (Wildman–Crippen MR) is 99.4 cm³/mol.